The largest absolute Gasteiger partial charge is 0.497 e. The lowest BCUT2D eigenvalue weighted by atomic mass is 10.1. The average molecular weight is 362 g/mol. The maximum atomic E-state index is 12.8. The van der Waals surface area contributed by atoms with Gasteiger partial charge in [0, 0.05) is 11.9 Å². The Morgan fingerprint density at radius 3 is 2.59 bits per heavy atom. The smallest absolute Gasteiger partial charge is 0.263 e. The topological polar surface area (TPSA) is 60.3 Å². The van der Waals surface area contributed by atoms with Gasteiger partial charge in [-0.05, 0) is 66.9 Å². The van der Waals surface area contributed by atoms with E-state index in [2.05, 4.69) is 5.32 Å². The Balaban J connectivity index is 1.84. The van der Waals surface area contributed by atoms with Gasteiger partial charge in [0.1, 0.15) is 11.3 Å². The molecule has 5 nitrogen and oxygen atoms in total. The van der Waals surface area contributed by atoms with Crippen LogP contribution in [-0.2, 0) is 6.54 Å². The van der Waals surface area contributed by atoms with Crippen LogP contribution in [0.2, 0.25) is 0 Å². The fourth-order valence-corrected chi connectivity index (χ4v) is 2.82. The third-order valence-electron chi connectivity index (χ3n) is 4.52. The molecular weight excluding hydrogens is 340 g/mol. The Labute approximate surface area is 158 Å². The van der Waals surface area contributed by atoms with E-state index in [4.69, 9.17) is 4.74 Å². The maximum Gasteiger partial charge on any atom is 0.263 e. The molecule has 5 heteroatoms. The average Bonchev–Trinajstić information content (AvgIpc) is 2.66. The number of methoxy groups -OCH3 is 1. The van der Waals surface area contributed by atoms with E-state index in [9.17, 15) is 9.59 Å². The molecule has 2 aromatic carbocycles. The van der Waals surface area contributed by atoms with E-state index < -0.39 is 5.91 Å². The number of nitrogens with zero attached hydrogens (tertiary/aromatic N) is 1. The van der Waals surface area contributed by atoms with Crippen molar-refractivity contribution in [2.24, 2.45) is 0 Å². The molecule has 0 aliphatic rings. The zero-order valence-corrected chi connectivity index (χ0v) is 15.7. The highest BCUT2D eigenvalue weighted by Gasteiger charge is 2.13. The summed E-state index contributed by atoms with van der Waals surface area (Å²) in [7, 11) is 1.60. The van der Waals surface area contributed by atoms with Crippen LogP contribution >= 0.6 is 0 Å². The summed E-state index contributed by atoms with van der Waals surface area (Å²) in [6.45, 7) is 4.35. The number of aromatic nitrogens is 1. The van der Waals surface area contributed by atoms with Gasteiger partial charge in [0.15, 0.2) is 0 Å². The van der Waals surface area contributed by atoms with Crippen molar-refractivity contribution >= 4 is 11.6 Å². The molecule has 3 rings (SSSR count). The molecule has 1 heterocycles. The molecule has 27 heavy (non-hydrogen) atoms. The molecule has 0 atom stereocenters. The van der Waals surface area contributed by atoms with Crippen molar-refractivity contribution in [1.82, 2.24) is 4.57 Å². The number of hydrogen-bond acceptors (Lipinski definition) is 3. The highest BCUT2D eigenvalue weighted by atomic mass is 16.5. The SMILES string of the molecule is COc1cccc(Cn2cccc(C(=O)Nc3ccc(C)c(C)c3)c2=O)c1. The summed E-state index contributed by atoms with van der Waals surface area (Å²) in [5.74, 6) is 0.312. The molecule has 0 saturated carbocycles. The molecular formula is C22H22N2O3. The van der Waals surface area contributed by atoms with Gasteiger partial charge in [0.25, 0.3) is 11.5 Å². The lowest BCUT2D eigenvalue weighted by molar-refractivity contribution is 0.102. The highest BCUT2D eigenvalue weighted by molar-refractivity contribution is 6.04. The predicted molar refractivity (Wildman–Crippen MR) is 107 cm³/mol. The van der Waals surface area contributed by atoms with Crippen molar-refractivity contribution in [3.63, 3.8) is 0 Å². The lowest BCUT2D eigenvalue weighted by Gasteiger charge is -2.10. The van der Waals surface area contributed by atoms with E-state index in [1.807, 2.05) is 56.3 Å². The lowest BCUT2D eigenvalue weighted by Crippen LogP contribution is -2.29. The number of hydrogen-bond donors (Lipinski definition) is 1. The number of aryl methyl sites for hydroxylation is 2. The van der Waals surface area contributed by atoms with Crippen molar-refractivity contribution in [2.45, 2.75) is 20.4 Å². The molecule has 1 amide bonds. The summed E-state index contributed by atoms with van der Waals surface area (Å²) in [5.41, 5.74) is 3.60. The Morgan fingerprint density at radius 2 is 1.85 bits per heavy atom. The molecule has 0 bridgehead atoms. The summed E-state index contributed by atoms with van der Waals surface area (Å²) in [5, 5.41) is 2.80. The zero-order chi connectivity index (χ0) is 19.4. The summed E-state index contributed by atoms with van der Waals surface area (Å²) in [6, 6.07) is 16.4. The maximum absolute atomic E-state index is 12.8. The fraction of sp³-hybridized carbons (Fsp3) is 0.182. The Kier molecular flexibility index (Phi) is 5.41. The minimum atomic E-state index is -0.414. The normalized spacial score (nSPS) is 10.5. The van der Waals surface area contributed by atoms with Crippen molar-refractivity contribution in [1.29, 1.82) is 0 Å². The number of ether oxygens (including phenoxy) is 1. The van der Waals surface area contributed by atoms with Crippen LogP contribution < -0.4 is 15.6 Å². The molecule has 0 unspecified atom stereocenters. The van der Waals surface area contributed by atoms with Crippen LogP contribution in [0.5, 0.6) is 5.75 Å². The first-order chi connectivity index (χ1) is 13.0. The van der Waals surface area contributed by atoms with E-state index in [1.165, 1.54) is 4.57 Å². The summed E-state index contributed by atoms with van der Waals surface area (Å²) >= 11 is 0. The first-order valence-electron chi connectivity index (χ1n) is 8.69. The van der Waals surface area contributed by atoms with E-state index in [1.54, 1.807) is 25.4 Å². The number of amides is 1. The number of rotatable bonds is 5. The molecule has 0 fully saturated rings. The van der Waals surface area contributed by atoms with E-state index in [0.717, 1.165) is 22.4 Å². The van der Waals surface area contributed by atoms with Gasteiger partial charge < -0.3 is 14.6 Å². The third-order valence-corrected chi connectivity index (χ3v) is 4.52. The Hall–Kier alpha value is -3.34. The van der Waals surface area contributed by atoms with Gasteiger partial charge in [-0.3, -0.25) is 9.59 Å². The summed E-state index contributed by atoms with van der Waals surface area (Å²) in [4.78, 5) is 25.3. The van der Waals surface area contributed by atoms with Crippen molar-refractivity contribution < 1.29 is 9.53 Å². The number of nitrogens with one attached hydrogen (secondary N) is 1. The van der Waals surface area contributed by atoms with Gasteiger partial charge in [0.05, 0.1) is 13.7 Å². The van der Waals surface area contributed by atoms with E-state index in [0.29, 0.717) is 12.2 Å². The van der Waals surface area contributed by atoms with Crippen molar-refractivity contribution in [3.05, 3.63) is 93.4 Å². The van der Waals surface area contributed by atoms with Crippen molar-refractivity contribution in [3.8, 4) is 5.75 Å². The van der Waals surface area contributed by atoms with Crippen LogP contribution in [0.1, 0.15) is 27.0 Å². The third kappa shape index (κ3) is 4.26. The summed E-state index contributed by atoms with van der Waals surface area (Å²) < 4.78 is 6.74. The molecule has 1 aromatic heterocycles. The first-order valence-corrected chi connectivity index (χ1v) is 8.69. The number of pyridine rings is 1. The molecule has 138 valence electrons. The van der Waals surface area contributed by atoms with Gasteiger partial charge in [-0.25, -0.2) is 0 Å². The second kappa shape index (κ2) is 7.91. The van der Waals surface area contributed by atoms with Gasteiger partial charge in [-0.15, -0.1) is 0 Å². The molecule has 3 aromatic rings. The number of anilines is 1. The van der Waals surface area contributed by atoms with Crippen LogP contribution in [0.4, 0.5) is 5.69 Å². The van der Waals surface area contributed by atoms with Gasteiger partial charge in [0.2, 0.25) is 0 Å². The Morgan fingerprint density at radius 1 is 1.04 bits per heavy atom. The van der Waals surface area contributed by atoms with E-state index >= 15 is 0 Å². The van der Waals surface area contributed by atoms with Gasteiger partial charge in [-0.1, -0.05) is 18.2 Å². The second-order valence-corrected chi connectivity index (χ2v) is 6.46. The minimum Gasteiger partial charge on any atom is -0.497 e. The van der Waals surface area contributed by atoms with Gasteiger partial charge in [-0.2, -0.15) is 0 Å². The second-order valence-electron chi connectivity index (χ2n) is 6.46. The molecule has 0 radical (unpaired) electrons. The number of carbonyl (C=O) groups excluding carboxylic acids is 1. The van der Waals surface area contributed by atoms with Crippen LogP contribution in [0.3, 0.4) is 0 Å². The molecule has 0 aliphatic carbocycles. The number of carbonyl (C=O) groups is 1. The van der Waals surface area contributed by atoms with Crippen LogP contribution in [0.15, 0.2) is 65.6 Å². The van der Waals surface area contributed by atoms with Crippen molar-refractivity contribution in [2.75, 3.05) is 12.4 Å². The quantitative estimate of drug-likeness (QED) is 0.751. The zero-order valence-electron chi connectivity index (χ0n) is 15.7. The fourth-order valence-electron chi connectivity index (χ4n) is 2.82. The Bertz CT molecular complexity index is 1040. The summed E-state index contributed by atoms with van der Waals surface area (Å²) in [6.07, 6.45) is 1.68. The van der Waals surface area contributed by atoms with Crippen LogP contribution in [0, 0.1) is 13.8 Å². The first kappa shape index (κ1) is 18.5. The molecule has 0 spiro atoms. The van der Waals surface area contributed by atoms with E-state index in [-0.39, 0.29) is 11.1 Å². The minimum absolute atomic E-state index is 0.110. The van der Waals surface area contributed by atoms with Crippen LogP contribution in [-0.4, -0.2) is 17.6 Å². The molecule has 0 saturated heterocycles. The van der Waals surface area contributed by atoms with Gasteiger partial charge >= 0.3 is 0 Å². The monoisotopic (exact) mass is 362 g/mol. The predicted octanol–water partition coefficient (Wildman–Crippen LogP) is 3.77. The number of benzene rings is 2. The molecule has 1 N–H and O–H groups in total. The molecule has 0 aliphatic heterocycles. The standard InChI is InChI=1S/C22H22N2O3/c1-15-9-10-18(12-16(15)2)23-21(25)20-8-5-11-24(22(20)26)14-17-6-4-7-19(13-17)27-3/h4-13H,14H2,1-3H3,(H,23,25). The highest BCUT2D eigenvalue weighted by Crippen LogP contribution is 2.15. The van der Waals surface area contributed by atoms with Crippen LogP contribution in [0.25, 0.3) is 0 Å².